The lowest BCUT2D eigenvalue weighted by molar-refractivity contribution is 0.242. The average molecular weight is 212 g/mol. The van der Waals surface area contributed by atoms with E-state index in [2.05, 4.69) is 15.7 Å². The second kappa shape index (κ2) is 5.23. The van der Waals surface area contributed by atoms with Crippen LogP contribution in [0.3, 0.4) is 0 Å². The van der Waals surface area contributed by atoms with E-state index in [0.29, 0.717) is 13.1 Å². The van der Waals surface area contributed by atoms with Crippen LogP contribution in [0, 0.1) is 0 Å². The molecule has 1 aromatic rings. The Hall–Kier alpha value is -1.72. The fourth-order valence-corrected chi connectivity index (χ4v) is 1.20. The van der Waals surface area contributed by atoms with Crippen molar-refractivity contribution in [2.24, 2.45) is 0 Å². The molecule has 0 saturated carbocycles. The van der Waals surface area contributed by atoms with E-state index in [1.807, 2.05) is 6.92 Å². The van der Waals surface area contributed by atoms with E-state index in [1.54, 1.807) is 13.1 Å². The minimum atomic E-state index is -0.245. The maximum atomic E-state index is 11.3. The fraction of sp³-hybridized carbons (Fsp3) is 0.556. The van der Waals surface area contributed by atoms with Gasteiger partial charge in [-0.1, -0.05) is 6.92 Å². The summed E-state index contributed by atoms with van der Waals surface area (Å²) in [6.45, 7) is 2.84. The molecule has 0 bridgehead atoms. The third kappa shape index (κ3) is 3.16. The standard InChI is InChI=1S/C9H16N4O2/c1-3-7-6-8(14)13(12-7)5-4-11-9(15)10-2/h6,12H,3-5H2,1-2H3,(H2,10,11,15). The molecule has 15 heavy (non-hydrogen) atoms. The number of carbonyl (C=O) groups excluding carboxylic acids is 1. The van der Waals surface area contributed by atoms with Crippen molar-refractivity contribution >= 4 is 6.03 Å². The minimum absolute atomic E-state index is 0.0643. The summed E-state index contributed by atoms with van der Waals surface area (Å²) in [7, 11) is 1.55. The smallest absolute Gasteiger partial charge is 0.314 e. The number of urea groups is 1. The van der Waals surface area contributed by atoms with Crippen LogP contribution in [0.15, 0.2) is 10.9 Å². The van der Waals surface area contributed by atoms with Crippen LogP contribution >= 0.6 is 0 Å². The van der Waals surface area contributed by atoms with E-state index in [0.717, 1.165) is 12.1 Å². The Morgan fingerprint density at radius 1 is 1.60 bits per heavy atom. The van der Waals surface area contributed by atoms with Crippen LogP contribution < -0.4 is 16.2 Å². The third-order valence-corrected chi connectivity index (χ3v) is 2.07. The van der Waals surface area contributed by atoms with Gasteiger partial charge in [0, 0.05) is 25.4 Å². The number of H-pyrrole nitrogens is 1. The fourth-order valence-electron chi connectivity index (χ4n) is 1.20. The van der Waals surface area contributed by atoms with Crippen LogP contribution in [0.25, 0.3) is 0 Å². The summed E-state index contributed by atoms with van der Waals surface area (Å²) in [5.74, 6) is 0. The van der Waals surface area contributed by atoms with Crippen molar-refractivity contribution in [3.63, 3.8) is 0 Å². The molecule has 0 aliphatic heterocycles. The zero-order chi connectivity index (χ0) is 11.3. The highest BCUT2D eigenvalue weighted by Gasteiger charge is 2.01. The Balaban J connectivity index is 2.47. The molecule has 0 radical (unpaired) electrons. The average Bonchev–Trinajstić information content (AvgIpc) is 2.59. The van der Waals surface area contributed by atoms with Crippen LogP contribution in [-0.2, 0) is 13.0 Å². The number of hydrogen-bond acceptors (Lipinski definition) is 2. The molecule has 0 aliphatic carbocycles. The Labute approximate surface area is 87.7 Å². The maximum absolute atomic E-state index is 11.3. The summed E-state index contributed by atoms with van der Waals surface area (Å²) in [6.07, 6.45) is 0.797. The molecule has 84 valence electrons. The van der Waals surface area contributed by atoms with Gasteiger partial charge in [-0.2, -0.15) is 0 Å². The highest BCUT2D eigenvalue weighted by molar-refractivity contribution is 5.73. The number of aromatic amines is 1. The lowest BCUT2D eigenvalue weighted by atomic mass is 10.3. The summed E-state index contributed by atoms with van der Waals surface area (Å²) in [5.41, 5.74) is 0.838. The van der Waals surface area contributed by atoms with Crippen LogP contribution in [0.4, 0.5) is 4.79 Å². The summed E-state index contributed by atoms with van der Waals surface area (Å²) >= 11 is 0. The Bertz CT molecular complexity index is 380. The number of hydrogen-bond donors (Lipinski definition) is 3. The van der Waals surface area contributed by atoms with Crippen molar-refractivity contribution < 1.29 is 4.79 Å². The van der Waals surface area contributed by atoms with E-state index in [4.69, 9.17) is 0 Å². The molecule has 6 heteroatoms. The van der Waals surface area contributed by atoms with E-state index in [-0.39, 0.29) is 11.6 Å². The van der Waals surface area contributed by atoms with Gasteiger partial charge < -0.3 is 10.6 Å². The number of nitrogens with zero attached hydrogens (tertiary/aromatic N) is 1. The predicted molar refractivity (Wildman–Crippen MR) is 56.9 cm³/mol. The number of aryl methyl sites for hydroxylation is 1. The number of carbonyl (C=O) groups is 1. The molecule has 1 heterocycles. The van der Waals surface area contributed by atoms with Gasteiger partial charge >= 0.3 is 6.03 Å². The van der Waals surface area contributed by atoms with Crippen LogP contribution in [-0.4, -0.2) is 29.4 Å². The molecule has 0 fully saturated rings. The van der Waals surface area contributed by atoms with E-state index in [1.165, 1.54) is 4.68 Å². The Morgan fingerprint density at radius 2 is 2.33 bits per heavy atom. The highest BCUT2D eigenvalue weighted by atomic mass is 16.2. The summed E-state index contributed by atoms with van der Waals surface area (Å²) < 4.78 is 1.48. The molecule has 0 saturated heterocycles. The van der Waals surface area contributed by atoms with E-state index < -0.39 is 0 Å². The largest absolute Gasteiger partial charge is 0.341 e. The van der Waals surface area contributed by atoms with Gasteiger partial charge in [0.25, 0.3) is 5.56 Å². The van der Waals surface area contributed by atoms with Crippen molar-refractivity contribution in [3.8, 4) is 0 Å². The quantitative estimate of drug-likeness (QED) is 0.639. The summed E-state index contributed by atoms with van der Waals surface area (Å²) in [5, 5.41) is 8.00. The molecule has 2 amide bonds. The first-order chi connectivity index (χ1) is 7.17. The number of nitrogens with one attached hydrogen (secondary N) is 3. The molecule has 0 spiro atoms. The number of amides is 2. The van der Waals surface area contributed by atoms with Crippen molar-refractivity contribution in [2.75, 3.05) is 13.6 Å². The van der Waals surface area contributed by atoms with Gasteiger partial charge in [0.2, 0.25) is 0 Å². The van der Waals surface area contributed by atoms with Crippen molar-refractivity contribution in [3.05, 3.63) is 22.1 Å². The van der Waals surface area contributed by atoms with Crippen LogP contribution in [0.2, 0.25) is 0 Å². The van der Waals surface area contributed by atoms with Gasteiger partial charge in [-0.05, 0) is 6.42 Å². The summed E-state index contributed by atoms with van der Waals surface area (Å²) in [4.78, 5) is 22.2. The zero-order valence-corrected chi connectivity index (χ0v) is 8.96. The van der Waals surface area contributed by atoms with E-state index >= 15 is 0 Å². The van der Waals surface area contributed by atoms with Gasteiger partial charge in [0.05, 0.1) is 6.54 Å². The minimum Gasteiger partial charge on any atom is -0.341 e. The molecular weight excluding hydrogens is 196 g/mol. The molecule has 0 unspecified atom stereocenters. The number of aromatic nitrogens is 2. The lowest BCUT2D eigenvalue weighted by Crippen LogP contribution is -2.36. The lowest BCUT2D eigenvalue weighted by Gasteiger charge is -2.04. The molecule has 3 N–H and O–H groups in total. The molecular formula is C9H16N4O2. The summed E-state index contributed by atoms with van der Waals surface area (Å²) in [6, 6.07) is 1.32. The zero-order valence-electron chi connectivity index (χ0n) is 8.96. The van der Waals surface area contributed by atoms with Crippen molar-refractivity contribution in [2.45, 2.75) is 19.9 Å². The van der Waals surface area contributed by atoms with Crippen molar-refractivity contribution in [1.82, 2.24) is 20.4 Å². The van der Waals surface area contributed by atoms with Gasteiger partial charge in [-0.25, -0.2) is 4.79 Å². The molecule has 0 aliphatic rings. The van der Waals surface area contributed by atoms with Crippen molar-refractivity contribution in [1.29, 1.82) is 0 Å². The van der Waals surface area contributed by atoms with Crippen LogP contribution in [0.1, 0.15) is 12.6 Å². The molecule has 1 rings (SSSR count). The van der Waals surface area contributed by atoms with Gasteiger partial charge in [0.15, 0.2) is 0 Å². The normalized spacial score (nSPS) is 10.0. The topological polar surface area (TPSA) is 78.9 Å². The van der Waals surface area contributed by atoms with Gasteiger partial charge in [-0.15, -0.1) is 0 Å². The van der Waals surface area contributed by atoms with Gasteiger partial charge in [0.1, 0.15) is 0 Å². The molecule has 0 aromatic carbocycles. The first kappa shape index (κ1) is 11.4. The second-order valence-corrected chi connectivity index (χ2v) is 3.13. The van der Waals surface area contributed by atoms with Gasteiger partial charge in [-0.3, -0.25) is 14.6 Å². The first-order valence-electron chi connectivity index (χ1n) is 4.91. The second-order valence-electron chi connectivity index (χ2n) is 3.13. The third-order valence-electron chi connectivity index (χ3n) is 2.07. The van der Waals surface area contributed by atoms with E-state index in [9.17, 15) is 9.59 Å². The number of rotatable bonds is 4. The maximum Gasteiger partial charge on any atom is 0.314 e. The van der Waals surface area contributed by atoms with Crippen LogP contribution in [0.5, 0.6) is 0 Å². The molecule has 6 nitrogen and oxygen atoms in total. The Kier molecular flexibility index (Phi) is 3.96. The first-order valence-corrected chi connectivity index (χ1v) is 4.91. The monoisotopic (exact) mass is 212 g/mol. The highest BCUT2D eigenvalue weighted by Crippen LogP contribution is 1.89. The molecule has 1 aromatic heterocycles. The predicted octanol–water partition coefficient (Wildman–Crippen LogP) is -0.332. The molecule has 0 atom stereocenters. The SMILES string of the molecule is CCc1cc(=O)n(CCNC(=O)NC)[nH]1. The Morgan fingerprint density at radius 3 is 2.87 bits per heavy atom.